The molecule has 0 spiro atoms. The van der Waals surface area contributed by atoms with Gasteiger partial charge >= 0.3 is 11.9 Å². The van der Waals surface area contributed by atoms with Gasteiger partial charge in [-0.05, 0) is 94.3 Å². The third-order valence-electron chi connectivity index (χ3n) is 8.46. The molecule has 3 N–H and O–H groups in total. The maximum Gasteiger partial charge on any atom is 0.313 e. The van der Waals surface area contributed by atoms with Gasteiger partial charge in [-0.3, -0.25) is 9.59 Å². The first-order chi connectivity index (χ1) is 20.5. The topological polar surface area (TPSA) is 107 Å². The van der Waals surface area contributed by atoms with E-state index in [1.807, 2.05) is 72.8 Å². The Labute approximate surface area is 268 Å². The molecule has 7 nitrogen and oxygen atoms in total. The van der Waals surface area contributed by atoms with Crippen LogP contribution in [0.15, 0.2) is 84.9 Å². The van der Waals surface area contributed by atoms with Gasteiger partial charge in [0.1, 0.15) is 5.60 Å². The van der Waals surface area contributed by atoms with Gasteiger partial charge in [0.05, 0.1) is 18.1 Å². The second kappa shape index (κ2) is 17.3. The first-order valence-corrected chi connectivity index (χ1v) is 15.2. The van der Waals surface area contributed by atoms with E-state index in [2.05, 4.69) is 9.64 Å². The van der Waals surface area contributed by atoms with Crippen LogP contribution in [0.5, 0.6) is 0 Å². The summed E-state index contributed by atoms with van der Waals surface area (Å²) in [6.45, 7) is 9.77. The molecule has 0 radical (unpaired) electrons. The van der Waals surface area contributed by atoms with E-state index in [1.165, 1.54) is 6.92 Å². The summed E-state index contributed by atoms with van der Waals surface area (Å²) < 4.78 is 4.40. The zero-order valence-electron chi connectivity index (χ0n) is 26.3. The number of piperidine rings is 1. The van der Waals surface area contributed by atoms with Crippen LogP contribution in [0.3, 0.4) is 0 Å². The van der Waals surface area contributed by atoms with Crippen LogP contribution in [-0.4, -0.2) is 58.4 Å². The first kappa shape index (κ1) is 37.0. The molecular formula is C36H48ClNO6. The smallest absolute Gasteiger partial charge is 0.313 e. The highest BCUT2D eigenvalue weighted by Gasteiger charge is 2.41. The Morgan fingerprint density at radius 2 is 1.39 bits per heavy atom. The van der Waals surface area contributed by atoms with Crippen LogP contribution in [0.2, 0.25) is 0 Å². The zero-order valence-corrected chi connectivity index (χ0v) is 27.1. The molecule has 1 atom stereocenters. The number of rotatable bonds is 11. The average molecular weight is 626 g/mol. The van der Waals surface area contributed by atoms with Crippen molar-refractivity contribution in [1.82, 2.24) is 4.90 Å². The van der Waals surface area contributed by atoms with E-state index in [1.54, 1.807) is 32.9 Å². The number of ether oxygens (including phenoxy) is 1. The van der Waals surface area contributed by atoms with Crippen molar-refractivity contribution in [2.45, 2.75) is 70.5 Å². The van der Waals surface area contributed by atoms with E-state index in [0.717, 1.165) is 61.2 Å². The summed E-state index contributed by atoms with van der Waals surface area (Å²) >= 11 is 0. The lowest BCUT2D eigenvalue weighted by molar-refractivity contribution is -0.142. The van der Waals surface area contributed by atoms with Crippen molar-refractivity contribution in [1.29, 1.82) is 0 Å². The predicted molar refractivity (Wildman–Crippen MR) is 176 cm³/mol. The summed E-state index contributed by atoms with van der Waals surface area (Å²) in [6, 6.07) is 27.3. The van der Waals surface area contributed by atoms with Gasteiger partial charge in [-0.25, -0.2) is 0 Å². The number of aliphatic hydroxyl groups excluding tert-OH is 1. The van der Waals surface area contributed by atoms with Crippen molar-refractivity contribution >= 4 is 24.3 Å². The molecule has 1 aliphatic rings. The Balaban J connectivity index is 0.000000877. The fourth-order valence-electron chi connectivity index (χ4n) is 5.72. The molecule has 3 aromatic carbocycles. The van der Waals surface area contributed by atoms with E-state index in [0.29, 0.717) is 13.0 Å². The molecule has 1 heterocycles. The van der Waals surface area contributed by atoms with Crippen molar-refractivity contribution in [3.63, 3.8) is 0 Å². The van der Waals surface area contributed by atoms with Gasteiger partial charge in [0.15, 0.2) is 0 Å². The van der Waals surface area contributed by atoms with E-state index >= 15 is 0 Å². The van der Waals surface area contributed by atoms with E-state index in [4.69, 9.17) is 0 Å². The van der Waals surface area contributed by atoms with Crippen molar-refractivity contribution in [3.8, 4) is 0 Å². The minimum absolute atomic E-state index is 0. The van der Waals surface area contributed by atoms with Crippen LogP contribution in [0.1, 0.15) is 81.7 Å². The number of hydrogen-bond donors (Lipinski definition) is 3. The number of benzene rings is 3. The highest BCUT2D eigenvalue weighted by atomic mass is 35.5. The first-order valence-electron chi connectivity index (χ1n) is 15.2. The lowest BCUT2D eigenvalue weighted by atomic mass is 9.72. The maximum atomic E-state index is 12.1. The third kappa shape index (κ3) is 9.63. The molecule has 4 rings (SSSR count). The molecule has 0 amide bonds. The fraction of sp³-hybridized carbons (Fsp3) is 0.444. The summed E-state index contributed by atoms with van der Waals surface area (Å²) in [7, 11) is 0. The van der Waals surface area contributed by atoms with E-state index in [9.17, 15) is 24.9 Å². The summed E-state index contributed by atoms with van der Waals surface area (Å²) in [6.07, 6.45) is 2.77. The normalized spacial score (nSPS) is 14.9. The third-order valence-corrected chi connectivity index (χ3v) is 8.46. The van der Waals surface area contributed by atoms with Crippen LogP contribution < -0.4 is 0 Å². The molecule has 3 aromatic rings. The molecular weight excluding hydrogens is 578 g/mol. The number of likely N-dealkylation sites (tertiary alicyclic amines) is 1. The summed E-state index contributed by atoms with van der Waals surface area (Å²) in [4.78, 5) is 23.7. The number of esters is 1. The SMILES string of the molecule is CC(C)(C(=O)O)c1ccc(C(O)CCCN2CCC(C(O)(c3ccccc3)c3ccccc3)CC2)cc1.CCOC(C)=O.Cl. The van der Waals surface area contributed by atoms with E-state index in [-0.39, 0.29) is 24.3 Å². The Bertz CT molecular complexity index is 1240. The Morgan fingerprint density at radius 1 is 0.886 bits per heavy atom. The van der Waals surface area contributed by atoms with Gasteiger partial charge in [0.2, 0.25) is 0 Å². The van der Waals surface area contributed by atoms with Crippen LogP contribution in [0.25, 0.3) is 0 Å². The Morgan fingerprint density at radius 3 is 1.80 bits per heavy atom. The van der Waals surface area contributed by atoms with Crippen LogP contribution in [0, 0.1) is 5.92 Å². The Hall–Kier alpha value is -3.23. The number of carboxylic acid groups (broad SMARTS) is 1. The molecule has 1 fully saturated rings. The number of aliphatic hydroxyl groups is 2. The van der Waals surface area contributed by atoms with Gasteiger partial charge in [-0.15, -0.1) is 12.4 Å². The van der Waals surface area contributed by atoms with E-state index < -0.39 is 23.1 Å². The molecule has 0 aliphatic carbocycles. The molecule has 1 aliphatic heterocycles. The molecule has 1 saturated heterocycles. The second-order valence-electron chi connectivity index (χ2n) is 11.7. The number of carboxylic acids is 1. The fourth-order valence-corrected chi connectivity index (χ4v) is 5.72. The lowest BCUT2D eigenvalue weighted by Gasteiger charge is -2.42. The largest absolute Gasteiger partial charge is 0.481 e. The number of hydrogen-bond acceptors (Lipinski definition) is 6. The monoisotopic (exact) mass is 625 g/mol. The average Bonchev–Trinajstić information content (AvgIpc) is 3.02. The number of aliphatic carboxylic acids is 1. The van der Waals surface area contributed by atoms with Gasteiger partial charge in [0, 0.05) is 6.92 Å². The van der Waals surface area contributed by atoms with Crippen LogP contribution >= 0.6 is 12.4 Å². The number of nitrogens with zero attached hydrogens (tertiary/aromatic N) is 1. The second-order valence-corrected chi connectivity index (χ2v) is 11.7. The summed E-state index contributed by atoms with van der Waals surface area (Å²) in [5.41, 5.74) is 1.47. The van der Waals surface area contributed by atoms with Crippen molar-refractivity contribution in [3.05, 3.63) is 107 Å². The molecule has 1 unspecified atom stereocenters. The molecule has 0 aromatic heterocycles. The van der Waals surface area contributed by atoms with Gasteiger partial charge in [-0.2, -0.15) is 0 Å². The standard InChI is InChI=1S/C32H39NO4.C4H8O2.ClH/c1-31(2,30(35)36)25-17-15-24(16-18-25)29(34)14-9-21-33-22-19-28(20-23-33)32(37,26-10-5-3-6-11-26)27-12-7-4-8-13-27;1-3-6-4(2)5;/h3-8,10-13,15-18,28-29,34,37H,9,14,19-23H2,1-2H3,(H,35,36);3H2,1-2H3;1H. The van der Waals surface area contributed by atoms with Crippen molar-refractivity contribution < 1.29 is 29.6 Å². The highest BCUT2D eigenvalue weighted by molar-refractivity contribution is 5.85. The molecule has 0 saturated carbocycles. The predicted octanol–water partition coefficient (Wildman–Crippen LogP) is 6.50. The lowest BCUT2D eigenvalue weighted by Crippen LogP contribution is -2.44. The van der Waals surface area contributed by atoms with Gasteiger partial charge < -0.3 is 25.0 Å². The zero-order chi connectivity index (χ0) is 31.5. The minimum atomic E-state index is -1.01. The maximum absolute atomic E-state index is 12.1. The molecule has 0 bridgehead atoms. The molecule has 8 heteroatoms. The summed E-state index contributed by atoms with van der Waals surface area (Å²) in [5.74, 6) is -0.944. The number of carbonyl (C=O) groups excluding carboxylic acids is 1. The minimum Gasteiger partial charge on any atom is -0.481 e. The summed E-state index contributed by atoms with van der Waals surface area (Å²) in [5, 5.41) is 32.2. The van der Waals surface area contributed by atoms with Crippen molar-refractivity contribution in [2.24, 2.45) is 5.92 Å². The highest BCUT2D eigenvalue weighted by Crippen LogP contribution is 2.42. The van der Waals surface area contributed by atoms with Gasteiger partial charge in [-0.1, -0.05) is 84.9 Å². The quantitative estimate of drug-likeness (QED) is 0.209. The molecule has 240 valence electrons. The van der Waals surface area contributed by atoms with Gasteiger partial charge in [0.25, 0.3) is 0 Å². The van der Waals surface area contributed by atoms with Crippen LogP contribution in [0.4, 0.5) is 0 Å². The van der Waals surface area contributed by atoms with Crippen LogP contribution in [-0.2, 0) is 25.3 Å². The molecule has 44 heavy (non-hydrogen) atoms. The number of halogens is 1. The number of carbonyl (C=O) groups is 2. The van der Waals surface area contributed by atoms with Crippen molar-refractivity contribution in [2.75, 3.05) is 26.2 Å². The Kier molecular flexibility index (Phi) is 14.5.